The zero-order valence-corrected chi connectivity index (χ0v) is 18.9. The second-order valence-corrected chi connectivity index (χ2v) is 10.1. The molecule has 0 heteroatoms. The van der Waals surface area contributed by atoms with Gasteiger partial charge in [-0.25, -0.2) is 0 Å². The van der Waals surface area contributed by atoms with E-state index in [2.05, 4.69) is 38.1 Å². The molecule has 0 heterocycles. The molecular formula is C28H46. The third-order valence-corrected chi connectivity index (χ3v) is 7.99. The molecule has 1 aromatic rings. The van der Waals surface area contributed by atoms with Crippen molar-refractivity contribution in [1.82, 2.24) is 0 Å². The normalized spacial score (nSPS) is 28.4. The quantitative estimate of drug-likeness (QED) is 0.353. The molecule has 3 rings (SSSR count). The van der Waals surface area contributed by atoms with Crippen molar-refractivity contribution in [2.45, 2.75) is 128 Å². The van der Waals surface area contributed by atoms with Crippen LogP contribution in [0.15, 0.2) is 24.3 Å². The Kier molecular flexibility index (Phi) is 9.42. The van der Waals surface area contributed by atoms with Crippen LogP contribution in [0.5, 0.6) is 0 Å². The number of rotatable bonds is 10. The van der Waals surface area contributed by atoms with Gasteiger partial charge in [-0.15, -0.1) is 0 Å². The lowest BCUT2D eigenvalue weighted by molar-refractivity contribution is 0.301. The molecule has 0 N–H and O–H groups in total. The first-order valence-electron chi connectivity index (χ1n) is 12.9. The number of hydrogen-bond acceptors (Lipinski definition) is 0. The van der Waals surface area contributed by atoms with Gasteiger partial charge in [-0.3, -0.25) is 0 Å². The lowest BCUT2D eigenvalue weighted by Crippen LogP contribution is -2.14. The molecule has 0 radical (unpaired) electrons. The monoisotopic (exact) mass is 382 g/mol. The van der Waals surface area contributed by atoms with Crippen molar-refractivity contribution in [2.24, 2.45) is 11.8 Å². The Hall–Kier alpha value is -0.780. The summed E-state index contributed by atoms with van der Waals surface area (Å²) in [6, 6.07) is 9.95. The topological polar surface area (TPSA) is 0 Å². The number of hydrogen-bond donors (Lipinski definition) is 0. The Morgan fingerprint density at radius 2 is 1.00 bits per heavy atom. The van der Waals surface area contributed by atoms with Gasteiger partial charge in [-0.2, -0.15) is 0 Å². The van der Waals surface area contributed by atoms with Crippen LogP contribution in [-0.2, 0) is 0 Å². The van der Waals surface area contributed by atoms with Crippen LogP contribution in [0.2, 0.25) is 0 Å². The van der Waals surface area contributed by atoms with Gasteiger partial charge >= 0.3 is 0 Å². The third-order valence-electron chi connectivity index (χ3n) is 7.99. The van der Waals surface area contributed by atoms with Crippen LogP contribution in [-0.4, -0.2) is 0 Å². The average Bonchev–Trinajstić information content (AvgIpc) is 2.75. The van der Waals surface area contributed by atoms with Gasteiger partial charge in [0.05, 0.1) is 0 Å². The molecule has 158 valence electrons. The third kappa shape index (κ3) is 6.64. The van der Waals surface area contributed by atoms with E-state index in [0.717, 1.165) is 23.7 Å². The van der Waals surface area contributed by atoms with E-state index in [0.29, 0.717) is 0 Å². The second-order valence-electron chi connectivity index (χ2n) is 10.1. The van der Waals surface area contributed by atoms with E-state index in [1.165, 1.54) is 103 Å². The van der Waals surface area contributed by atoms with Crippen LogP contribution in [0, 0.1) is 11.8 Å². The first-order valence-corrected chi connectivity index (χ1v) is 12.9. The largest absolute Gasteiger partial charge is 0.0654 e. The molecule has 0 saturated heterocycles. The summed E-state index contributed by atoms with van der Waals surface area (Å²) in [7, 11) is 0. The van der Waals surface area contributed by atoms with E-state index in [9.17, 15) is 0 Å². The molecule has 0 spiro atoms. The van der Waals surface area contributed by atoms with Crippen molar-refractivity contribution in [1.29, 1.82) is 0 Å². The molecule has 0 amide bonds. The molecular weight excluding hydrogens is 336 g/mol. The fraction of sp³-hybridized carbons (Fsp3) is 0.786. The van der Waals surface area contributed by atoms with E-state index in [-0.39, 0.29) is 0 Å². The van der Waals surface area contributed by atoms with Gasteiger partial charge in [0.25, 0.3) is 0 Å². The van der Waals surface area contributed by atoms with Crippen molar-refractivity contribution >= 4 is 0 Å². The predicted octanol–water partition coefficient (Wildman–Crippen LogP) is 9.39. The molecule has 0 atom stereocenters. The van der Waals surface area contributed by atoms with Crippen LogP contribution in [0.4, 0.5) is 0 Å². The molecule has 0 aromatic heterocycles. The highest BCUT2D eigenvalue weighted by molar-refractivity contribution is 5.28. The van der Waals surface area contributed by atoms with Crippen LogP contribution in [0.25, 0.3) is 0 Å². The highest BCUT2D eigenvalue weighted by atomic mass is 14.3. The average molecular weight is 383 g/mol. The minimum absolute atomic E-state index is 0.839. The molecule has 0 nitrogen and oxygen atoms in total. The molecule has 0 unspecified atom stereocenters. The van der Waals surface area contributed by atoms with E-state index in [1.54, 1.807) is 11.1 Å². The van der Waals surface area contributed by atoms with Crippen LogP contribution in [0.3, 0.4) is 0 Å². The summed E-state index contributed by atoms with van der Waals surface area (Å²) in [5, 5.41) is 0. The van der Waals surface area contributed by atoms with Crippen LogP contribution < -0.4 is 0 Å². The summed E-state index contributed by atoms with van der Waals surface area (Å²) in [6.07, 6.45) is 23.1. The molecule has 2 saturated carbocycles. The maximum absolute atomic E-state index is 2.49. The maximum Gasteiger partial charge on any atom is -0.0162 e. The van der Waals surface area contributed by atoms with Gasteiger partial charge in [-0.05, 0) is 86.2 Å². The van der Waals surface area contributed by atoms with E-state index < -0.39 is 0 Å². The lowest BCUT2D eigenvalue weighted by atomic mass is 9.75. The van der Waals surface area contributed by atoms with Gasteiger partial charge in [0.15, 0.2) is 0 Å². The van der Waals surface area contributed by atoms with E-state index >= 15 is 0 Å². The summed E-state index contributed by atoms with van der Waals surface area (Å²) in [5.41, 5.74) is 3.25. The fourth-order valence-corrected chi connectivity index (χ4v) is 6.05. The molecule has 2 aliphatic rings. The van der Waals surface area contributed by atoms with E-state index in [1.807, 2.05) is 0 Å². The van der Waals surface area contributed by atoms with E-state index in [4.69, 9.17) is 0 Å². The minimum atomic E-state index is 0.839. The number of benzene rings is 1. The highest BCUT2D eigenvalue weighted by Gasteiger charge is 2.24. The maximum atomic E-state index is 2.49. The molecule has 2 fully saturated rings. The first-order chi connectivity index (χ1) is 13.8. The molecule has 0 aliphatic heterocycles. The highest BCUT2D eigenvalue weighted by Crippen LogP contribution is 2.40. The van der Waals surface area contributed by atoms with Gasteiger partial charge in [0, 0.05) is 0 Å². The summed E-state index contributed by atoms with van der Waals surface area (Å²) in [5.74, 6) is 3.72. The van der Waals surface area contributed by atoms with Crippen molar-refractivity contribution in [2.75, 3.05) is 0 Å². The molecule has 28 heavy (non-hydrogen) atoms. The Morgan fingerprint density at radius 1 is 0.536 bits per heavy atom. The van der Waals surface area contributed by atoms with Gasteiger partial charge in [-0.1, -0.05) is 89.5 Å². The Bertz CT molecular complexity index is 511. The summed E-state index contributed by atoms with van der Waals surface area (Å²) >= 11 is 0. The zero-order chi connectivity index (χ0) is 19.6. The Labute approximate surface area is 175 Å². The summed E-state index contributed by atoms with van der Waals surface area (Å²) < 4.78 is 0. The van der Waals surface area contributed by atoms with Crippen molar-refractivity contribution in [3.8, 4) is 0 Å². The smallest absolute Gasteiger partial charge is 0.0162 e. The fourth-order valence-electron chi connectivity index (χ4n) is 6.05. The SMILES string of the molecule is CCCCCCCC1CCC(c2ccc(C3CCC(CCC)CC3)cc2)CC1. The molecule has 0 bridgehead atoms. The second kappa shape index (κ2) is 12.0. The zero-order valence-electron chi connectivity index (χ0n) is 18.9. The van der Waals surface area contributed by atoms with Crippen molar-refractivity contribution < 1.29 is 0 Å². The summed E-state index contributed by atoms with van der Waals surface area (Å²) in [4.78, 5) is 0. The molecule has 1 aromatic carbocycles. The van der Waals surface area contributed by atoms with Crippen LogP contribution in [0.1, 0.15) is 140 Å². The van der Waals surface area contributed by atoms with Gasteiger partial charge in [0.2, 0.25) is 0 Å². The standard InChI is InChI=1S/C28H46/c1-3-5-6-7-8-10-24-13-17-26(18-14-24)28-21-19-27(20-22-28)25-15-11-23(9-4-2)12-16-25/h19-26H,3-18H2,1-2H3. The van der Waals surface area contributed by atoms with Crippen molar-refractivity contribution in [3.05, 3.63) is 35.4 Å². The lowest BCUT2D eigenvalue weighted by Gasteiger charge is -2.30. The Morgan fingerprint density at radius 3 is 1.46 bits per heavy atom. The predicted molar refractivity (Wildman–Crippen MR) is 124 cm³/mol. The molecule has 2 aliphatic carbocycles. The van der Waals surface area contributed by atoms with Crippen LogP contribution >= 0.6 is 0 Å². The van der Waals surface area contributed by atoms with Gasteiger partial charge in [0.1, 0.15) is 0 Å². The minimum Gasteiger partial charge on any atom is -0.0654 e. The number of unbranched alkanes of at least 4 members (excludes halogenated alkanes) is 4. The van der Waals surface area contributed by atoms with Gasteiger partial charge < -0.3 is 0 Å². The Balaban J connectivity index is 1.39. The first kappa shape index (κ1) is 21.9. The summed E-state index contributed by atoms with van der Waals surface area (Å²) in [6.45, 7) is 4.65. The van der Waals surface area contributed by atoms with Crippen molar-refractivity contribution in [3.63, 3.8) is 0 Å².